The van der Waals surface area contributed by atoms with Crippen molar-refractivity contribution in [1.82, 2.24) is 35.2 Å². The molecule has 5 aromatic rings. The summed E-state index contributed by atoms with van der Waals surface area (Å²) in [4.78, 5) is 13.1. The molecule has 0 unspecified atom stereocenters. The van der Waals surface area contributed by atoms with E-state index < -0.39 is 0 Å². The van der Waals surface area contributed by atoms with Crippen molar-refractivity contribution >= 4 is 34.0 Å². The van der Waals surface area contributed by atoms with Gasteiger partial charge in [0.15, 0.2) is 0 Å². The Labute approximate surface area is 170 Å². The van der Waals surface area contributed by atoms with Crippen LogP contribution in [0.3, 0.4) is 0 Å². The van der Waals surface area contributed by atoms with Crippen LogP contribution in [0.25, 0.3) is 27.7 Å². The van der Waals surface area contributed by atoms with Crippen LogP contribution >= 0.6 is 11.6 Å². The van der Waals surface area contributed by atoms with Crippen molar-refractivity contribution in [3.05, 3.63) is 78.6 Å². The van der Waals surface area contributed by atoms with Gasteiger partial charge in [-0.25, -0.2) is 9.97 Å². The third-order valence-electron chi connectivity index (χ3n) is 4.39. The minimum Gasteiger partial charge on any atom is -0.340 e. The van der Waals surface area contributed by atoms with Gasteiger partial charge >= 0.3 is 0 Å². The van der Waals surface area contributed by atoms with Crippen molar-refractivity contribution in [3.63, 3.8) is 0 Å². The van der Waals surface area contributed by atoms with Gasteiger partial charge in [-0.05, 0) is 52.4 Å². The number of benzene rings is 2. The van der Waals surface area contributed by atoms with Gasteiger partial charge in [-0.1, -0.05) is 23.7 Å². The van der Waals surface area contributed by atoms with Crippen LogP contribution in [-0.2, 0) is 0 Å². The largest absolute Gasteiger partial charge is 0.340 e. The van der Waals surface area contributed by atoms with Crippen LogP contribution in [-0.4, -0.2) is 35.2 Å². The molecule has 2 aromatic carbocycles. The van der Waals surface area contributed by atoms with Crippen molar-refractivity contribution in [2.24, 2.45) is 0 Å². The van der Waals surface area contributed by atoms with Gasteiger partial charge in [0.1, 0.15) is 18.5 Å². The van der Waals surface area contributed by atoms with Crippen LogP contribution in [0, 0.1) is 0 Å². The van der Waals surface area contributed by atoms with E-state index >= 15 is 0 Å². The lowest BCUT2D eigenvalue weighted by atomic mass is 10.0. The second kappa shape index (κ2) is 7.25. The number of fused-ring (bicyclic) bond motifs is 1. The second-order valence-corrected chi connectivity index (χ2v) is 6.71. The van der Waals surface area contributed by atoms with Crippen molar-refractivity contribution in [2.45, 2.75) is 0 Å². The summed E-state index contributed by atoms with van der Waals surface area (Å²) in [6, 6.07) is 15.4. The first-order valence-electron chi connectivity index (χ1n) is 8.72. The number of hydrogen-bond acceptors (Lipinski definition) is 7. The molecule has 0 amide bonds. The van der Waals surface area contributed by atoms with E-state index in [2.05, 4.69) is 35.8 Å². The maximum Gasteiger partial charge on any atom is 0.143 e. The van der Waals surface area contributed by atoms with Crippen LogP contribution in [0.15, 0.2) is 73.6 Å². The molecule has 3 aromatic heterocycles. The molecule has 0 atom stereocenters. The molecule has 0 radical (unpaired) electrons. The average Bonchev–Trinajstić information content (AvgIpc) is 3.29. The van der Waals surface area contributed by atoms with Gasteiger partial charge in [0, 0.05) is 27.9 Å². The number of hydrogen-bond donors (Lipinski definition) is 1. The van der Waals surface area contributed by atoms with E-state index in [9.17, 15) is 0 Å². The van der Waals surface area contributed by atoms with E-state index in [1.54, 1.807) is 17.1 Å². The number of rotatable bonds is 4. The smallest absolute Gasteiger partial charge is 0.143 e. The zero-order valence-electron chi connectivity index (χ0n) is 14.9. The minimum absolute atomic E-state index is 0.652. The summed E-state index contributed by atoms with van der Waals surface area (Å²) in [5.41, 5.74) is 4.36. The number of tetrazole rings is 1. The predicted molar refractivity (Wildman–Crippen MR) is 110 cm³/mol. The molecule has 140 valence electrons. The van der Waals surface area contributed by atoms with E-state index in [0.29, 0.717) is 10.8 Å². The fraction of sp³-hybridized carbons (Fsp3) is 0. The fourth-order valence-electron chi connectivity index (χ4n) is 3.03. The van der Waals surface area contributed by atoms with Crippen LogP contribution < -0.4 is 5.32 Å². The lowest BCUT2D eigenvalue weighted by Crippen LogP contribution is -1.97. The molecular formula is C20H13ClN8. The summed E-state index contributed by atoms with van der Waals surface area (Å²) in [7, 11) is 0. The quantitative estimate of drug-likeness (QED) is 0.486. The Kier molecular flexibility index (Phi) is 4.30. The van der Waals surface area contributed by atoms with Gasteiger partial charge in [0.25, 0.3) is 0 Å². The Hall–Kier alpha value is -3.91. The molecular weight excluding hydrogens is 388 g/mol. The third-order valence-corrected chi connectivity index (χ3v) is 4.63. The van der Waals surface area contributed by atoms with E-state index in [4.69, 9.17) is 11.6 Å². The molecule has 0 saturated carbocycles. The SMILES string of the molecule is Clc1cccc(Nc2ncnc3ccc(-c4cncc(-n5cnnn5)c4)cc23)c1. The number of nitrogens with one attached hydrogen (secondary N) is 1. The van der Waals surface area contributed by atoms with E-state index in [1.807, 2.05) is 48.5 Å². The highest BCUT2D eigenvalue weighted by Crippen LogP contribution is 2.29. The molecule has 0 fully saturated rings. The lowest BCUT2D eigenvalue weighted by Gasteiger charge is -2.10. The van der Waals surface area contributed by atoms with Gasteiger partial charge in [-0.15, -0.1) is 5.10 Å². The zero-order valence-corrected chi connectivity index (χ0v) is 15.7. The van der Waals surface area contributed by atoms with Crippen molar-refractivity contribution < 1.29 is 0 Å². The fourth-order valence-corrected chi connectivity index (χ4v) is 3.22. The molecule has 1 N–H and O–H groups in total. The topological polar surface area (TPSA) is 94.3 Å². The van der Waals surface area contributed by atoms with E-state index in [1.165, 1.54) is 12.7 Å². The standard InChI is InChI=1S/C20H13ClN8/c21-15-2-1-3-16(8-15)26-20-18-7-13(4-5-19(18)23-11-24-20)14-6-17(10-22-9-14)29-12-25-27-28-29/h1-12H,(H,23,24,26). The molecule has 0 saturated heterocycles. The Bertz CT molecular complexity index is 1300. The van der Waals surface area contributed by atoms with Gasteiger partial charge in [-0.2, -0.15) is 4.68 Å². The first kappa shape index (κ1) is 17.2. The van der Waals surface area contributed by atoms with Gasteiger partial charge in [0.2, 0.25) is 0 Å². The zero-order chi connectivity index (χ0) is 19.6. The summed E-state index contributed by atoms with van der Waals surface area (Å²) < 4.78 is 1.56. The number of halogens is 1. The molecule has 3 heterocycles. The predicted octanol–water partition coefficient (Wildman–Crippen LogP) is 4.06. The minimum atomic E-state index is 0.652. The highest BCUT2D eigenvalue weighted by molar-refractivity contribution is 6.30. The Morgan fingerprint density at radius 2 is 1.90 bits per heavy atom. The number of anilines is 2. The number of nitrogens with zero attached hydrogens (tertiary/aromatic N) is 7. The first-order chi connectivity index (χ1) is 14.3. The van der Waals surface area contributed by atoms with Crippen LogP contribution in [0.1, 0.15) is 0 Å². The highest BCUT2D eigenvalue weighted by atomic mass is 35.5. The van der Waals surface area contributed by atoms with Crippen LogP contribution in [0.5, 0.6) is 0 Å². The summed E-state index contributed by atoms with van der Waals surface area (Å²) >= 11 is 6.10. The van der Waals surface area contributed by atoms with Crippen molar-refractivity contribution in [1.29, 1.82) is 0 Å². The number of aromatic nitrogens is 7. The number of pyridine rings is 1. The van der Waals surface area contributed by atoms with Gasteiger partial charge in [0.05, 0.1) is 17.4 Å². The lowest BCUT2D eigenvalue weighted by molar-refractivity contribution is 0.786. The normalized spacial score (nSPS) is 10.9. The Balaban J connectivity index is 1.57. The maximum absolute atomic E-state index is 6.10. The van der Waals surface area contributed by atoms with Gasteiger partial charge in [-0.3, -0.25) is 4.98 Å². The Morgan fingerprint density at radius 3 is 2.76 bits per heavy atom. The average molecular weight is 401 g/mol. The summed E-state index contributed by atoms with van der Waals surface area (Å²) in [6.45, 7) is 0. The monoisotopic (exact) mass is 400 g/mol. The van der Waals surface area contributed by atoms with Crippen LogP contribution in [0.2, 0.25) is 5.02 Å². The summed E-state index contributed by atoms with van der Waals surface area (Å²) in [6.07, 6.45) is 6.57. The molecule has 0 aliphatic rings. The molecule has 9 heteroatoms. The third kappa shape index (κ3) is 3.48. The first-order valence-corrected chi connectivity index (χ1v) is 9.10. The van der Waals surface area contributed by atoms with E-state index in [-0.39, 0.29) is 0 Å². The Morgan fingerprint density at radius 1 is 0.931 bits per heavy atom. The highest BCUT2D eigenvalue weighted by Gasteiger charge is 2.09. The molecule has 0 spiro atoms. The van der Waals surface area contributed by atoms with E-state index in [0.717, 1.165) is 33.4 Å². The molecule has 0 aliphatic heterocycles. The maximum atomic E-state index is 6.10. The second-order valence-electron chi connectivity index (χ2n) is 6.28. The van der Waals surface area contributed by atoms with Gasteiger partial charge < -0.3 is 5.32 Å². The molecule has 29 heavy (non-hydrogen) atoms. The molecule has 8 nitrogen and oxygen atoms in total. The van der Waals surface area contributed by atoms with Crippen LogP contribution in [0.4, 0.5) is 11.5 Å². The molecule has 0 bridgehead atoms. The van der Waals surface area contributed by atoms with Crippen molar-refractivity contribution in [2.75, 3.05) is 5.32 Å². The molecule has 0 aliphatic carbocycles. The molecule has 5 rings (SSSR count). The van der Waals surface area contributed by atoms with Crippen molar-refractivity contribution in [3.8, 4) is 16.8 Å². The summed E-state index contributed by atoms with van der Waals surface area (Å²) in [5.74, 6) is 0.698. The summed E-state index contributed by atoms with van der Waals surface area (Å²) in [5, 5.41) is 16.1.